The van der Waals surface area contributed by atoms with Crippen molar-refractivity contribution >= 4 is 11.9 Å². The number of rotatable bonds is 4. The molecule has 1 atom stereocenters. The first-order chi connectivity index (χ1) is 12.7. The second kappa shape index (κ2) is 7.05. The lowest BCUT2D eigenvalue weighted by atomic mass is 10.1. The zero-order valence-electron chi connectivity index (χ0n) is 14.7. The van der Waals surface area contributed by atoms with E-state index in [0.29, 0.717) is 24.6 Å². The van der Waals surface area contributed by atoms with Crippen molar-refractivity contribution in [2.24, 2.45) is 5.73 Å². The summed E-state index contributed by atoms with van der Waals surface area (Å²) < 4.78 is 39.7. The first-order valence-corrected chi connectivity index (χ1v) is 8.54. The van der Waals surface area contributed by atoms with Gasteiger partial charge in [-0.1, -0.05) is 12.1 Å². The second-order valence-corrected chi connectivity index (χ2v) is 6.50. The third-order valence-corrected chi connectivity index (χ3v) is 4.68. The molecule has 1 aromatic heterocycles. The lowest BCUT2D eigenvalue weighted by molar-refractivity contribution is -0.137. The molecule has 6 nitrogen and oxygen atoms in total. The third kappa shape index (κ3) is 3.81. The predicted molar refractivity (Wildman–Crippen MR) is 93.7 cm³/mol. The lowest BCUT2D eigenvalue weighted by Gasteiger charge is -2.25. The molecule has 1 aliphatic rings. The number of anilines is 1. The minimum absolute atomic E-state index is 0.127. The summed E-state index contributed by atoms with van der Waals surface area (Å²) in [5.74, 6) is -0.497. The van der Waals surface area contributed by atoms with Gasteiger partial charge >= 0.3 is 6.18 Å². The summed E-state index contributed by atoms with van der Waals surface area (Å²) in [6, 6.07) is 5.15. The van der Waals surface area contributed by atoms with Crippen molar-refractivity contribution in [3.8, 4) is 0 Å². The Labute approximate surface area is 153 Å². The molecule has 2 aromatic rings. The summed E-state index contributed by atoms with van der Waals surface area (Å²) in [5.41, 5.74) is 4.43. The smallest absolute Gasteiger partial charge is 0.364 e. The van der Waals surface area contributed by atoms with Crippen LogP contribution in [0.25, 0.3) is 0 Å². The van der Waals surface area contributed by atoms with Gasteiger partial charge in [-0.2, -0.15) is 13.2 Å². The van der Waals surface area contributed by atoms with Crippen LogP contribution in [-0.4, -0.2) is 28.5 Å². The molecular weight excluding hydrogens is 361 g/mol. The first-order valence-electron chi connectivity index (χ1n) is 8.54. The SMILES string of the molecule is C[C@H](c1ccc(C(F)(F)F)cc1)n1c(N2CCCC2)nc(C(N)=O)cc1=O. The van der Waals surface area contributed by atoms with Crippen molar-refractivity contribution in [2.45, 2.75) is 32.0 Å². The molecule has 0 spiro atoms. The Morgan fingerprint density at radius 2 is 1.78 bits per heavy atom. The topological polar surface area (TPSA) is 81.2 Å². The number of primary amides is 1. The van der Waals surface area contributed by atoms with E-state index >= 15 is 0 Å². The van der Waals surface area contributed by atoms with Crippen LogP contribution in [0.3, 0.4) is 0 Å². The number of alkyl halides is 3. The molecule has 144 valence electrons. The zero-order valence-corrected chi connectivity index (χ0v) is 14.7. The molecule has 0 aliphatic carbocycles. The van der Waals surface area contributed by atoms with E-state index in [1.54, 1.807) is 6.92 Å². The molecule has 1 saturated heterocycles. The number of carbonyl (C=O) groups excluding carboxylic acids is 1. The van der Waals surface area contributed by atoms with E-state index in [2.05, 4.69) is 4.98 Å². The van der Waals surface area contributed by atoms with Crippen molar-refractivity contribution in [1.29, 1.82) is 0 Å². The summed E-state index contributed by atoms with van der Waals surface area (Å²) in [7, 11) is 0. The average Bonchev–Trinajstić information content (AvgIpc) is 3.14. The van der Waals surface area contributed by atoms with E-state index in [-0.39, 0.29) is 5.69 Å². The fraction of sp³-hybridized carbons (Fsp3) is 0.389. The van der Waals surface area contributed by atoms with E-state index in [1.165, 1.54) is 16.7 Å². The number of carbonyl (C=O) groups is 1. The molecule has 0 saturated carbocycles. The van der Waals surface area contributed by atoms with Crippen LogP contribution in [0.2, 0.25) is 0 Å². The van der Waals surface area contributed by atoms with E-state index in [9.17, 15) is 22.8 Å². The first kappa shape index (κ1) is 18.9. The number of hydrogen-bond acceptors (Lipinski definition) is 4. The van der Waals surface area contributed by atoms with Crippen LogP contribution in [0, 0.1) is 0 Å². The molecular formula is C18H19F3N4O2. The molecule has 3 rings (SSSR count). The van der Waals surface area contributed by atoms with Crippen molar-refractivity contribution in [3.63, 3.8) is 0 Å². The summed E-state index contributed by atoms with van der Waals surface area (Å²) >= 11 is 0. The lowest BCUT2D eigenvalue weighted by Crippen LogP contribution is -2.34. The van der Waals surface area contributed by atoms with Gasteiger partial charge in [0.25, 0.3) is 11.5 Å². The van der Waals surface area contributed by atoms with Gasteiger partial charge in [0, 0.05) is 19.2 Å². The van der Waals surface area contributed by atoms with Crippen LogP contribution >= 0.6 is 0 Å². The maximum Gasteiger partial charge on any atom is 0.416 e. The molecule has 1 fully saturated rings. The van der Waals surface area contributed by atoms with E-state index in [4.69, 9.17) is 5.73 Å². The van der Waals surface area contributed by atoms with Crippen LogP contribution in [0.1, 0.15) is 47.4 Å². The van der Waals surface area contributed by atoms with Crippen LogP contribution in [0.4, 0.5) is 19.1 Å². The minimum Gasteiger partial charge on any atom is -0.364 e. The fourth-order valence-electron chi connectivity index (χ4n) is 3.21. The summed E-state index contributed by atoms with van der Waals surface area (Å²) in [6.45, 7) is 3.05. The standard InChI is InChI=1S/C18H19F3N4O2/c1-11(12-4-6-13(7-5-12)18(19,20)21)25-15(26)10-14(16(22)27)23-17(25)24-8-2-3-9-24/h4-7,10-11H,2-3,8-9H2,1H3,(H2,22,27)/t11-/m1/s1. The Morgan fingerprint density at radius 3 is 2.30 bits per heavy atom. The molecule has 0 unspecified atom stereocenters. The summed E-state index contributed by atoms with van der Waals surface area (Å²) in [4.78, 5) is 30.3. The van der Waals surface area contributed by atoms with Gasteiger partial charge < -0.3 is 10.6 Å². The van der Waals surface area contributed by atoms with E-state index in [0.717, 1.165) is 31.0 Å². The van der Waals surface area contributed by atoms with Crippen molar-refractivity contribution in [3.05, 3.63) is 57.5 Å². The summed E-state index contributed by atoms with van der Waals surface area (Å²) in [6.07, 6.45) is -2.58. The Balaban J connectivity index is 2.06. The molecule has 27 heavy (non-hydrogen) atoms. The molecule has 1 amide bonds. The Bertz CT molecular complexity index is 900. The number of amides is 1. The second-order valence-electron chi connectivity index (χ2n) is 6.50. The van der Waals surface area contributed by atoms with Gasteiger partial charge in [-0.05, 0) is 37.5 Å². The van der Waals surface area contributed by atoms with Crippen molar-refractivity contribution < 1.29 is 18.0 Å². The van der Waals surface area contributed by atoms with Gasteiger partial charge in [-0.25, -0.2) is 4.98 Å². The maximum absolute atomic E-state index is 12.8. The van der Waals surface area contributed by atoms with Gasteiger partial charge in [0.1, 0.15) is 5.69 Å². The zero-order chi connectivity index (χ0) is 19.8. The summed E-state index contributed by atoms with van der Waals surface area (Å²) in [5, 5.41) is 0. The highest BCUT2D eigenvalue weighted by Gasteiger charge is 2.30. The van der Waals surface area contributed by atoms with Gasteiger partial charge in [0.05, 0.1) is 11.6 Å². The third-order valence-electron chi connectivity index (χ3n) is 4.68. The number of hydrogen-bond donors (Lipinski definition) is 1. The molecule has 0 bridgehead atoms. The normalized spacial score (nSPS) is 15.8. The Kier molecular flexibility index (Phi) is 4.95. The highest BCUT2D eigenvalue weighted by Crippen LogP contribution is 2.31. The van der Waals surface area contributed by atoms with E-state index < -0.39 is 29.2 Å². The number of halogens is 3. The van der Waals surface area contributed by atoms with Gasteiger partial charge in [-0.3, -0.25) is 14.2 Å². The number of benzene rings is 1. The van der Waals surface area contributed by atoms with Crippen LogP contribution in [0.15, 0.2) is 35.1 Å². The Hall–Kier alpha value is -2.84. The molecule has 0 radical (unpaired) electrons. The van der Waals surface area contributed by atoms with Crippen LogP contribution in [-0.2, 0) is 6.18 Å². The van der Waals surface area contributed by atoms with Crippen LogP contribution < -0.4 is 16.2 Å². The molecule has 9 heteroatoms. The minimum atomic E-state index is -4.43. The quantitative estimate of drug-likeness (QED) is 0.884. The van der Waals surface area contributed by atoms with Gasteiger partial charge in [0.15, 0.2) is 0 Å². The number of nitrogens with zero attached hydrogens (tertiary/aromatic N) is 3. The highest BCUT2D eigenvalue weighted by molar-refractivity contribution is 5.90. The van der Waals surface area contributed by atoms with Crippen molar-refractivity contribution in [1.82, 2.24) is 9.55 Å². The maximum atomic E-state index is 12.8. The average molecular weight is 380 g/mol. The molecule has 2 heterocycles. The van der Waals surface area contributed by atoms with Gasteiger partial charge in [0.2, 0.25) is 5.95 Å². The van der Waals surface area contributed by atoms with Crippen molar-refractivity contribution in [2.75, 3.05) is 18.0 Å². The number of nitrogens with two attached hydrogens (primary N) is 1. The van der Waals surface area contributed by atoms with Crippen LogP contribution in [0.5, 0.6) is 0 Å². The monoisotopic (exact) mass is 380 g/mol. The van der Waals surface area contributed by atoms with Gasteiger partial charge in [-0.15, -0.1) is 0 Å². The predicted octanol–water partition coefficient (Wildman–Crippen LogP) is 2.57. The van der Waals surface area contributed by atoms with E-state index in [1.807, 2.05) is 4.90 Å². The fourth-order valence-corrected chi connectivity index (χ4v) is 3.21. The Morgan fingerprint density at radius 1 is 1.19 bits per heavy atom. The largest absolute Gasteiger partial charge is 0.416 e. The highest BCUT2D eigenvalue weighted by atomic mass is 19.4. The molecule has 1 aromatic carbocycles. The molecule has 2 N–H and O–H groups in total. The molecule has 1 aliphatic heterocycles. The number of aromatic nitrogens is 2.